The van der Waals surface area contributed by atoms with E-state index in [0.717, 1.165) is 0 Å². The predicted octanol–water partition coefficient (Wildman–Crippen LogP) is 7.07. The van der Waals surface area contributed by atoms with Crippen LogP contribution in [0.4, 0.5) is 27.6 Å². The molecule has 0 radical (unpaired) electrons. The predicted molar refractivity (Wildman–Crippen MR) is 122 cm³/mol. The van der Waals surface area contributed by atoms with Crippen LogP contribution in [-0.4, -0.2) is 11.6 Å². The average molecular weight is 527 g/mol. The van der Waals surface area contributed by atoms with E-state index in [1.54, 1.807) is 42.5 Å². The summed E-state index contributed by atoms with van der Waals surface area (Å²) in [5.41, 5.74) is -0.555. The number of benzene rings is 3. The van der Waals surface area contributed by atoms with Gasteiger partial charge >= 0.3 is 0 Å². The number of amides is 1. The van der Waals surface area contributed by atoms with E-state index in [4.69, 9.17) is 27.9 Å². The van der Waals surface area contributed by atoms with Crippen LogP contribution >= 0.6 is 23.2 Å². The summed E-state index contributed by atoms with van der Waals surface area (Å²) in [6, 6.07) is 11.4. The first-order valence-electron chi connectivity index (χ1n) is 9.89. The maximum absolute atomic E-state index is 14.2. The number of hydrogen-bond acceptors (Lipinski definition) is 3. The van der Waals surface area contributed by atoms with Crippen LogP contribution in [0.3, 0.4) is 0 Å². The van der Waals surface area contributed by atoms with Crippen molar-refractivity contribution in [2.24, 2.45) is 5.10 Å². The molecule has 1 amide bonds. The molecule has 0 saturated carbocycles. The standard InChI is InChI=1S/C24H13Cl2F5N2O2/c1-11-15(24(34)33(32-11)23-21(30)19(28)18(27)20(29)22(23)31)8-12-4-2-3-5-17(12)35-10-13-6-7-14(25)9-16(13)26/h2-9H,10H2,1H3/b15-8-. The molecule has 0 saturated heterocycles. The Bertz CT molecular complexity index is 1400. The third-order valence-corrected chi connectivity index (χ3v) is 5.67. The average Bonchev–Trinajstić information content (AvgIpc) is 3.10. The number of ether oxygens (including phenoxy) is 1. The van der Waals surface area contributed by atoms with E-state index < -0.39 is 40.7 Å². The normalized spacial score (nSPS) is 14.6. The van der Waals surface area contributed by atoms with E-state index in [1.807, 2.05) is 0 Å². The Morgan fingerprint density at radius 1 is 0.943 bits per heavy atom. The quantitative estimate of drug-likeness (QED) is 0.154. The SMILES string of the molecule is CC1=NN(c2c(F)c(F)c(F)c(F)c2F)C(=O)/C1=C\c1ccccc1OCc1ccc(Cl)cc1Cl. The number of carbonyl (C=O) groups excluding carboxylic acids is 1. The Balaban J connectivity index is 1.66. The van der Waals surface area contributed by atoms with Crippen molar-refractivity contribution < 1.29 is 31.5 Å². The molecule has 1 aliphatic heterocycles. The van der Waals surface area contributed by atoms with Gasteiger partial charge in [-0.1, -0.05) is 47.5 Å². The molecule has 3 aromatic rings. The number of carbonyl (C=O) groups is 1. The van der Waals surface area contributed by atoms with Crippen molar-refractivity contribution in [2.75, 3.05) is 5.01 Å². The van der Waals surface area contributed by atoms with Crippen LogP contribution in [-0.2, 0) is 11.4 Å². The fourth-order valence-corrected chi connectivity index (χ4v) is 3.76. The second-order valence-corrected chi connectivity index (χ2v) is 8.18. The van der Waals surface area contributed by atoms with Crippen LogP contribution in [0.1, 0.15) is 18.1 Å². The van der Waals surface area contributed by atoms with Gasteiger partial charge in [0.2, 0.25) is 5.82 Å². The Labute approximate surface area is 205 Å². The third-order valence-electron chi connectivity index (χ3n) is 5.08. The second-order valence-electron chi connectivity index (χ2n) is 7.34. The molecule has 0 aliphatic carbocycles. The largest absolute Gasteiger partial charge is 0.488 e. The Morgan fingerprint density at radius 3 is 2.23 bits per heavy atom. The topological polar surface area (TPSA) is 41.9 Å². The Hall–Kier alpha value is -3.43. The lowest BCUT2D eigenvalue weighted by Crippen LogP contribution is -2.25. The van der Waals surface area contributed by atoms with Gasteiger partial charge in [0, 0.05) is 21.2 Å². The van der Waals surface area contributed by atoms with Crippen molar-refractivity contribution in [3.05, 3.63) is 98.3 Å². The molecule has 0 unspecified atom stereocenters. The summed E-state index contributed by atoms with van der Waals surface area (Å²) in [4.78, 5) is 12.9. The van der Waals surface area contributed by atoms with Crippen LogP contribution < -0.4 is 9.75 Å². The molecule has 0 fully saturated rings. The number of para-hydroxylation sites is 1. The van der Waals surface area contributed by atoms with Crippen molar-refractivity contribution in [3.8, 4) is 5.75 Å². The lowest BCUT2D eigenvalue weighted by atomic mass is 10.1. The summed E-state index contributed by atoms with van der Waals surface area (Å²) in [5.74, 6) is -11.8. The zero-order chi connectivity index (χ0) is 25.4. The van der Waals surface area contributed by atoms with Gasteiger partial charge in [0.15, 0.2) is 23.3 Å². The molecule has 180 valence electrons. The molecule has 1 heterocycles. The van der Waals surface area contributed by atoms with Crippen LogP contribution in [0.2, 0.25) is 10.0 Å². The molecule has 0 bridgehead atoms. The summed E-state index contributed by atoms with van der Waals surface area (Å²) in [7, 11) is 0. The minimum atomic E-state index is -2.33. The summed E-state index contributed by atoms with van der Waals surface area (Å²) < 4.78 is 75.0. The van der Waals surface area contributed by atoms with E-state index >= 15 is 0 Å². The summed E-state index contributed by atoms with van der Waals surface area (Å²) in [6.45, 7) is 1.42. The number of anilines is 1. The zero-order valence-electron chi connectivity index (χ0n) is 17.7. The lowest BCUT2D eigenvalue weighted by Gasteiger charge is -2.15. The number of nitrogens with zero attached hydrogens (tertiary/aromatic N) is 2. The van der Waals surface area contributed by atoms with Gasteiger partial charge in [0.25, 0.3) is 5.91 Å². The molecule has 0 N–H and O–H groups in total. The highest BCUT2D eigenvalue weighted by Crippen LogP contribution is 2.34. The first kappa shape index (κ1) is 24.7. The minimum Gasteiger partial charge on any atom is -0.488 e. The molecule has 4 rings (SSSR count). The van der Waals surface area contributed by atoms with E-state index in [1.165, 1.54) is 13.0 Å². The second kappa shape index (κ2) is 9.67. The molecular formula is C24H13Cl2F5N2O2. The fraction of sp³-hybridized carbons (Fsp3) is 0.0833. The van der Waals surface area contributed by atoms with E-state index in [2.05, 4.69) is 5.10 Å². The first-order chi connectivity index (χ1) is 16.6. The first-order valence-corrected chi connectivity index (χ1v) is 10.6. The van der Waals surface area contributed by atoms with E-state index in [-0.39, 0.29) is 22.9 Å². The molecule has 0 atom stereocenters. The number of hydrazone groups is 1. The lowest BCUT2D eigenvalue weighted by molar-refractivity contribution is -0.114. The van der Waals surface area contributed by atoms with Gasteiger partial charge in [-0.25, -0.2) is 22.0 Å². The van der Waals surface area contributed by atoms with Crippen LogP contribution in [0.15, 0.2) is 53.1 Å². The highest BCUT2D eigenvalue weighted by molar-refractivity contribution is 6.35. The van der Waals surface area contributed by atoms with Crippen LogP contribution in [0.25, 0.3) is 6.08 Å². The summed E-state index contributed by atoms with van der Waals surface area (Å²) in [6.07, 6.45) is 1.34. The highest BCUT2D eigenvalue weighted by Gasteiger charge is 2.37. The number of halogens is 7. The molecule has 1 aliphatic rings. The van der Waals surface area contributed by atoms with Gasteiger partial charge < -0.3 is 4.74 Å². The van der Waals surface area contributed by atoms with Crippen molar-refractivity contribution in [3.63, 3.8) is 0 Å². The minimum absolute atomic E-state index is 0.00510. The number of hydrogen-bond donors (Lipinski definition) is 0. The summed E-state index contributed by atoms with van der Waals surface area (Å²) >= 11 is 12.1. The van der Waals surface area contributed by atoms with Gasteiger partial charge in [-0.15, -0.1) is 0 Å². The molecule has 11 heteroatoms. The van der Waals surface area contributed by atoms with Crippen molar-refractivity contribution in [1.29, 1.82) is 0 Å². The molecular weight excluding hydrogens is 514 g/mol. The molecule has 0 aromatic heterocycles. The highest BCUT2D eigenvalue weighted by atomic mass is 35.5. The Kier molecular flexibility index (Phi) is 6.82. The van der Waals surface area contributed by atoms with Crippen molar-refractivity contribution in [2.45, 2.75) is 13.5 Å². The maximum atomic E-state index is 14.2. The smallest absolute Gasteiger partial charge is 0.280 e. The summed E-state index contributed by atoms with van der Waals surface area (Å²) in [5, 5.41) is 4.71. The zero-order valence-corrected chi connectivity index (χ0v) is 19.2. The maximum Gasteiger partial charge on any atom is 0.280 e. The monoisotopic (exact) mass is 526 g/mol. The van der Waals surface area contributed by atoms with Crippen LogP contribution in [0.5, 0.6) is 5.75 Å². The van der Waals surface area contributed by atoms with Gasteiger partial charge in [-0.3, -0.25) is 4.79 Å². The van der Waals surface area contributed by atoms with E-state index in [0.29, 0.717) is 26.9 Å². The molecule has 4 nitrogen and oxygen atoms in total. The van der Waals surface area contributed by atoms with Gasteiger partial charge in [-0.05, 0) is 31.2 Å². The van der Waals surface area contributed by atoms with Crippen LogP contribution in [0, 0.1) is 29.1 Å². The fourth-order valence-electron chi connectivity index (χ4n) is 3.30. The van der Waals surface area contributed by atoms with Gasteiger partial charge in [-0.2, -0.15) is 10.1 Å². The molecule has 3 aromatic carbocycles. The Morgan fingerprint density at radius 2 is 1.57 bits per heavy atom. The molecule has 35 heavy (non-hydrogen) atoms. The molecule has 0 spiro atoms. The van der Waals surface area contributed by atoms with Gasteiger partial charge in [0.1, 0.15) is 18.0 Å². The van der Waals surface area contributed by atoms with E-state index in [9.17, 15) is 26.7 Å². The number of rotatable bonds is 5. The van der Waals surface area contributed by atoms with Gasteiger partial charge in [0.05, 0.1) is 11.3 Å². The van der Waals surface area contributed by atoms with Crippen molar-refractivity contribution >= 4 is 46.6 Å². The third kappa shape index (κ3) is 4.61. The van der Waals surface area contributed by atoms with Crippen molar-refractivity contribution in [1.82, 2.24) is 0 Å².